The summed E-state index contributed by atoms with van der Waals surface area (Å²) < 4.78 is 15.5. The summed E-state index contributed by atoms with van der Waals surface area (Å²) in [6.07, 6.45) is 3.26. The van der Waals surface area contributed by atoms with E-state index in [0.717, 1.165) is 19.3 Å². The Morgan fingerprint density at radius 3 is 2.74 bits per heavy atom. The summed E-state index contributed by atoms with van der Waals surface area (Å²) in [5.74, 6) is 0.246. The third-order valence-corrected chi connectivity index (χ3v) is 2.93. The predicted octanol–water partition coefficient (Wildman–Crippen LogP) is 3.16. The molecule has 0 fully saturated rings. The molecule has 1 heterocycles. The molecule has 1 atom stereocenters. The maximum atomic E-state index is 11.7. The molecule has 1 rings (SSSR count). The summed E-state index contributed by atoms with van der Waals surface area (Å²) in [5, 5.41) is 3.83. The van der Waals surface area contributed by atoms with Crippen molar-refractivity contribution < 1.29 is 18.8 Å². The molecule has 0 aliphatic carbocycles. The van der Waals surface area contributed by atoms with Gasteiger partial charge in [0.05, 0.1) is 13.7 Å². The van der Waals surface area contributed by atoms with Crippen molar-refractivity contribution in [3.8, 4) is 5.88 Å². The molecule has 19 heavy (non-hydrogen) atoms. The first-order chi connectivity index (χ1) is 9.10. The van der Waals surface area contributed by atoms with Crippen LogP contribution < -0.4 is 4.74 Å². The van der Waals surface area contributed by atoms with Crippen LogP contribution in [-0.4, -0.2) is 24.8 Å². The first-order valence-corrected chi connectivity index (χ1v) is 6.77. The minimum Gasteiger partial charge on any atom is -0.476 e. The first kappa shape index (κ1) is 15.5. The van der Waals surface area contributed by atoms with E-state index in [1.807, 2.05) is 13.8 Å². The SMILES string of the molecule is CCCCCOc1cc(C(C(=O)OC)C(C)C)on1. The Kier molecular flexibility index (Phi) is 6.39. The number of unbranched alkanes of at least 4 members (excludes halogenated alkanes) is 2. The average Bonchev–Trinajstić information content (AvgIpc) is 2.82. The quantitative estimate of drug-likeness (QED) is 0.536. The lowest BCUT2D eigenvalue weighted by molar-refractivity contribution is -0.144. The van der Waals surface area contributed by atoms with Crippen LogP contribution in [0.15, 0.2) is 10.6 Å². The topological polar surface area (TPSA) is 61.6 Å². The van der Waals surface area contributed by atoms with Gasteiger partial charge in [-0.2, -0.15) is 0 Å². The van der Waals surface area contributed by atoms with Crippen LogP contribution in [0.3, 0.4) is 0 Å². The summed E-state index contributed by atoms with van der Waals surface area (Å²) >= 11 is 0. The molecule has 108 valence electrons. The van der Waals surface area contributed by atoms with E-state index in [0.29, 0.717) is 18.2 Å². The van der Waals surface area contributed by atoms with Gasteiger partial charge in [-0.1, -0.05) is 33.6 Å². The number of aromatic nitrogens is 1. The third kappa shape index (κ3) is 4.58. The van der Waals surface area contributed by atoms with Gasteiger partial charge in [0.1, 0.15) is 5.92 Å². The lowest BCUT2D eigenvalue weighted by Crippen LogP contribution is -2.19. The lowest BCUT2D eigenvalue weighted by atomic mass is 9.93. The van der Waals surface area contributed by atoms with E-state index >= 15 is 0 Å². The van der Waals surface area contributed by atoms with Crippen LogP contribution in [0.25, 0.3) is 0 Å². The molecule has 0 aliphatic rings. The predicted molar refractivity (Wildman–Crippen MR) is 71.1 cm³/mol. The molecule has 0 aliphatic heterocycles. The van der Waals surface area contributed by atoms with Gasteiger partial charge in [0.15, 0.2) is 5.76 Å². The molecule has 0 bridgehead atoms. The molecule has 0 amide bonds. The van der Waals surface area contributed by atoms with Crippen molar-refractivity contribution in [1.82, 2.24) is 5.16 Å². The van der Waals surface area contributed by atoms with E-state index in [2.05, 4.69) is 12.1 Å². The molecule has 0 saturated carbocycles. The van der Waals surface area contributed by atoms with E-state index in [4.69, 9.17) is 14.0 Å². The van der Waals surface area contributed by atoms with Gasteiger partial charge >= 0.3 is 5.97 Å². The van der Waals surface area contributed by atoms with Crippen molar-refractivity contribution >= 4 is 5.97 Å². The fourth-order valence-electron chi connectivity index (χ4n) is 1.86. The maximum absolute atomic E-state index is 11.7. The van der Waals surface area contributed by atoms with Gasteiger partial charge in [-0.05, 0) is 17.5 Å². The Labute approximate surface area is 114 Å². The molecular formula is C14H23NO4. The highest BCUT2D eigenvalue weighted by Gasteiger charge is 2.29. The second kappa shape index (κ2) is 7.81. The van der Waals surface area contributed by atoms with Gasteiger partial charge in [-0.15, -0.1) is 0 Å². The number of hydrogen-bond acceptors (Lipinski definition) is 5. The van der Waals surface area contributed by atoms with E-state index < -0.39 is 5.92 Å². The van der Waals surface area contributed by atoms with E-state index in [9.17, 15) is 4.79 Å². The second-order valence-electron chi connectivity index (χ2n) is 4.87. The molecule has 0 aromatic carbocycles. The van der Waals surface area contributed by atoms with Gasteiger partial charge in [0.25, 0.3) is 5.88 Å². The van der Waals surface area contributed by atoms with Gasteiger partial charge in [-0.3, -0.25) is 4.79 Å². The van der Waals surface area contributed by atoms with Crippen LogP contribution in [0.5, 0.6) is 5.88 Å². The van der Waals surface area contributed by atoms with Crippen molar-refractivity contribution in [1.29, 1.82) is 0 Å². The van der Waals surface area contributed by atoms with Gasteiger partial charge in [0.2, 0.25) is 0 Å². The first-order valence-electron chi connectivity index (χ1n) is 6.77. The highest BCUT2D eigenvalue weighted by Crippen LogP contribution is 2.28. The van der Waals surface area contributed by atoms with Crippen LogP contribution in [0.4, 0.5) is 0 Å². The summed E-state index contributed by atoms with van der Waals surface area (Å²) in [4.78, 5) is 11.7. The molecule has 5 heteroatoms. The molecule has 0 N–H and O–H groups in total. The number of methoxy groups -OCH3 is 1. The molecule has 1 aromatic rings. The standard InChI is InChI=1S/C14H23NO4/c1-5-6-7-8-18-12-9-11(19-15-12)13(10(2)3)14(16)17-4/h9-10,13H,5-8H2,1-4H3. The van der Waals surface area contributed by atoms with Crippen molar-refractivity contribution in [2.24, 2.45) is 5.92 Å². The highest BCUT2D eigenvalue weighted by atomic mass is 16.5. The van der Waals surface area contributed by atoms with Gasteiger partial charge in [-0.25, -0.2) is 0 Å². The van der Waals surface area contributed by atoms with E-state index in [-0.39, 0.29) is 11.9 Å². The van der Waals surface area contributed by atoms with Crippen molar-refractivity contribution in [3.63, 3.8) is 0 Å². The minimum atomic E-state index is -0.439. The largest absolute Gasteiger partial charge is 0.476 e. The summed E-state index contributed by atoms with van der Waals surface area (Å²) in [6, 6.07) is 1.67. The van der Waals surface area contributed by atoms with Gasteiger partial charge in [0, 0.05) is 6.07 Å². The molecule has 0 spiro atoms. The number of hydrogen-bond donors (Lipinski definition) is 0. The number of carbonyl (C=O) groups excluding carboxylic acids is 1. The van der Waals surface area contributed by atoms with Crippen molar-refractivity contribution in [2.75, 3.05) is 13.7 Å². The van der Waals surface area contributed by atoms with E-state index in [1.54, 1.807) is 6.07 Å². The minimum absolute atomic E-state index is 0.0772. The smallest absolute Gasteiger partial charge is 0.316 e. The highest BCUT2D eigenvalue weighted by molar-refractivity contribution is 5.77. The second-order valence-corrected chi connectivity index (χ2v) is 4.87. The monoisotopic (exact) mass is 269 g/mol. The lowest BCUT2D eigenvalue weighted by Gasteiger charge is -2.14. The molecule has 5 nitrogen and oxygen atoms in total. The molecule has 0 saturated heterocycles. The number of ether oxygens (including phenoxy) is 2. The number of rotatable bonds is 8. The molecular weight excluding hydrogens is 246 g/mol. The molecule has 1 unspecified atom stereocenters. The Morgan fingerprint density at radius 2 is 2.16 bits per heavy atom. The fourth-order valence-corrected chi connectivity index (χ4v) is 1.86. The van der Waals surface area contributed by atoms with Crippen LogP contribution in [0, 0.1) is 5.92 Å². The normalized spacial score (nSPS) is 12.5. The Bertz CT molecular complexity index is 387. The summed E-state index contributed by atoms with van der Waals surface area (Å²) in [6.45, 7) is 6.62. The van der Waals surface area contributed by atoms with Crippen LogP contribution in [0.2, 0.25) is 0 Å². The third-order valence-electron chi connectivity index (χ3n) is 2.93. The Morgan fingerprint density at radius 1 is 1.42 bits per heavy atom. The zero-order valence-electron chi connectivity index (χ0n) is 12.1. The summed E-state index contributed by atoms with van der Waals surface area (Å²) in [5.41, 5.74) is 0. The Balaban J connectivity index is 2.63. The van der Waals surface area contributed by atoms with Gasteiger partial charge < -0.3 is 14.0 Å². The molecule has 1 aromatic heterocycles. The zero-order valence-corrected chi connectivity index (χ0v) is 12.1. The average molecular weight is 269 g/mol. The summed E-state index contributed by atoms with van der Waals surface area (Å²) in [7, 11) is 1.37. The van der Waals surface area contributed by atoms with Crippen LogP contribution in [0.1, 0.15) is 51.7 Å². The Hall–Kier alpha value is -1.52. The van der Waals surface area contributed by atoms with Crippen LogP contribution in [-0.2, 0) is 9.53 Å². The van der Waals surface area contributed by atoms with E-state index in [1.165, 1.54) is 7.11 Å². The fraction of sp³-hybridized carbons (Fsp3) is 0.714. The number of esters is 1. The van der Waals surface area contributed by atoms with Crippen molar-refractivity contribution in [2.45, 2.75) is 46.0 Å². The van der Waals surface area contributed by atoms with Crippen molar-refractivity contribution in [3.05, 3.63) is 11.8 Å². The molecule has 0 radical (unpaired) electrons. The number of carbonyl (C=O) groups is 1. The maximum Gasteiger partial charge on any atom is 0.316 e. The number of nitrogens with zero attached hydrogens (tertiary/aromatic N) is 1. The zero-order chi connectivity index (χ0) is 14.3. The van der Waals surface area contributed by atoms with Crippen LogP contribution >= 0.6 is 0 Å².